The number of nitrogens with one attached hydrogen (secondary N) is 2. The molecule has 1 heterocycles. The van der Waals surface area contributed by atoms with E-state index in [0.717, 1.165) is 30.8 Å². The highest BCUT2D eigenvalue weighted by atomic mass is 32.1. The highest BCUT2D eigenvalue weighted by Gasteiger charge is 2.42. The van der Waals surface area contributed by atoms with E-state index in [4.69, 9.17) is 10.5 Å². The number of hydrogen-bond acceptors (Lipinski definition) is 18. The molecule has 0 saturated heterocycles. The third-order valence-electron chi connectivity index (χ3n) is 6.24. The first kappa shape index (κ1) is 32.0. The zero-order valence-electron chi connectivity index (χ0n) is 21.7. The van der Waals surface area contributed by atoms with Crippen LogP contribution in [0.15, 0.2) is 5.38 Å². The number of aromatic hydroxyl groups is 8. The number of carbonyl (C=O) groups is 1. The van der Waals surface area contributed by atoms with Gasteiger partial charge < -0.3 is 77.1 Å². The van der Waals surface area contributed by atoms with E-state index in [1.165, 1.54) is 0 Å². The Labute approximate surface area is 239 Å². The van der Waals surface area contributed by atoms with Gasteiger partial charge in [-0.3, -0.25) is 10.1 Å². The molecule has 0 fully saturated rings. The maximum absolute atomic E-state index is 12.4. The summed E-state index contributed by atoms with van der Waals surface area (Å²) < 4.78 is 5.02. The van der Waals surface area contributed by atoms with Crippen LogP contribution in [0.2, 0.25) is 0 Å². The number of nitrogens with zero attached hydrogens (tertiary/aromatic N) is 1. The summed E-state index contributed by atoms with van der Waals surface area (Å²) >= 11 is 0.776. The van der Waals surface area contributed by atoms with Crippen molar-refractivity contribution in [1.29, 1.82) is 0 Å². The molecule has 42 heavy (non-hydrogen) atoms. The molecule has 19 heteroatoms. The van der Waals surface area contributed by atoms with Crippen molar-refractivity contribution in [2.75, 3.05) is 24.7 Å². The average Bonchev–Trinajstić information content (AvgIpc) is 3.38. The van der Waals surface area contributed by atoms with Gasteiger partial charge in [-0.05, 0) is 13.3 Å². The van der Waals surface area contributed by atoms with Gasteiger partial charge in [0.15, 0.2) is 45.7 Å². The van der Waals surface area contributed by atoms with E-state index in [1.54, 1.807) is 5.32 Å². The molecule has 18 nitrogen and oxygen atoms in total. The number of carbonyl (C=O) groups excluding carboxylic acids is 1. The quantitative estimate of drug-likeness (QED) is 0.0708. The Kier molecular flexibility index (Phi) is 8.70. The molecule has 0 spiro atoms. The highest BCUT2D eigenvalue weighted by molar-refractivity contribution is 7.13. The summed E-state index contributed by atoms with van der Waals surface area (Å²) in [5.41, 5.74) is 2.40. The molecule has 0 saturated carbocycles. The molecule has 2 aromatic carbocycles. The summed E-state index contributed by atoms with van der Waals surface area (Å²) in [5.74, 6) is -16.9. The van der Waals surface area contributed by atoms with Crippen LogP contribution in [0.1, 0.15) is 28.5 Å². The van der Waals surface area contributed by atoms with Crippen LogP contribution in [-0.2, 0) is 21.7 Å². The third kappa shape index (κ3) is 5.52. The molecule has 0 aliphatic rings. The Bertz CT molecular complexity index is 1470. The van der Waals surface area contributed by atoms with Gasteiger partial charge in [0.25, 0.3) is 17.6 Å². The van der Waals surface area contributed by atoms with E-state index in [-0.39, 0.29) is 10.7 Å². The lowest BCUT2D eigenvalue weighted by Gasteiger charge is -2.32. The van der Waals surface area contributed by atoms with Crippen molar-refractivity contribution in [3.63, 3.8) is 0 Å². The summed E-state index contributed by atoms with van der Waals surface area (Å²) in [6.45, 7) is 0.591. The number of nitrogen functional groups attached to an aromatic ring is 1. The SMILES string of the molecule is COC(c1c(C)c(O)c(O)c(O)c1O)C(O)(O)NCCc1c(O)c(O)c(NC(=O)C(O)(O)c2csc(N)n2)c(O)c1O. The van der Waals surface area contributed by atoms with E-state index < -0.39 is 105 Å². The number of hydrogen-bond donors (Lipinski definition) is 15. The molecule has 0 bridgehead atoms. The van der Waals surface area contributed by atoms with Crippen molar-refractivity contribution in [1.82, 2.24) is 10.3 Å². The van der Waals surface area contributed by atoms with E-state index in [0.29, 0.717) is 0 Å². The number of ether oxygens (including phenoxy) is 1. The fraction of sp³-hybridized carbons (Fsp3) is 0.304. The number of thiazole rings is 1. The van der Waals surface area contributed by atoms with Crippen molar-refractivity contribution in [2.24, 2.45) is 0 Å². The molecular weight excluding hydrogens is 588 g/mol. The van der Waals surface area contributed by atoms with Gasteiger partial charge in [-0.25, -0.2) is 4.98 Å². The second-order valence-corrected chi connectivity index (χ2v) is 9.79. The average molecular weight is 617 g/mol. The number of aromatic nitrogens is 1. The van der Waals surface area contributed by atoms with Gasteiger partial charge in [0, 0.05) is 35.7 Å². The van der Waals surface area contributed by atoms with Gasteiger partial charge in [0.2, 0.25) is 11.5 Å². The Balaban J connectivity index is 1.84. The number of anilines is 2. The molecule has 0 aliphatic carbocycles. The van der Waals surface area contributed by atoms with Crippen LogP contribution in [-0.4, -0.2) is 91.7 Å². The van der Waals surface area contributed by atoms with Crippen molar-refractivity contribution in [2.45, 2.75) is 31.1 Å². The topological polar surface area (TPSA) is 332 Å². The largest absolute Gasteiger partial charge is 0.504 e. The predicted octanol–water partition coefficient (Wildman–Crippen LogP) is -1.39. The molecule has 0 radical (unpaired) electrons. The number of phenolic OH excluding ortho intramolecular Hbond substituents is 8. The monoisotopic (exact) mass is 616 g/mol. The Hall–Kier alpha value is -4.50. The molecular formula is C23H28N4O14S. The van der Waals surface area contributed by atoms with E-state index in [9.17, 15) is 66.1 Å². The number of benzene rings is 2. The molecule has 0 aliphatic heterocycles. The number of phenols is 8. The summed E-state index contributed by atoms with van der Waals surface area (Å²) in [4.78, 5) is 16.0. The van der Waals surface area contributed by atoms with Crippen LogP contribution in [0, 0.1) is 6.92 Å². The fourth-order valence-electron chi connectivity index (χ4n) is 3.97. The van der Waals surface area contributed by atoms with E-state index in [2.05, 4.69) is 10.3 Å². The molecule has 1 amide bonds. The maximum atomic E-state index is 12.4. The third-order valence-corrected chi connectivity index (χ3v) is 6.91. The molecule has 3 rings (SSSR count). The normalized spacial score (nSPS) is 12.8. The van der Waals surface area contributed by atoms with Gasteiger partial charge in [-0.2, -0.15) is 0 Å². The van der Waals surface area contributed by atoms with Crippen molar-refractivity contribution < 1.29 is 70.8 Å². The fourth-order valence-corrected chi connectivity index (χ4v) is 4.57. The lowest BCUT2D eigenvalue weighted by Crippen LogP contribution is -2.51. The zero-order chi connectivity index (χ0) is 31.9. The smallest absolute Gasteiger partial charge is 0.291 e. The minimum atomic E-state index is -3.30. The van der Waals surface area contributed by atoms with Crippen molar-refractivity contribution in [3.8, 4) is 46.0 Å². The van der Waals surface area contributed by atoms with E-state index in [1.807, 2.05) is 0 Å². The summed E-state index contributed by atoms with van der Waals surface area (Å²) in [7, 11) is 0.977. The first-order valence-electron chi connectivity index (χ1n) is 11.5. The van der Waals surface area contributed by atoms with Crippen LogP contribution in [0.25, 0.3) is 0 Å². The number of rotatable bonds is 10. The maximum Gasteiger partial charge on any atom is 0.291 e. The second-order valence-electron chi connectivity index (χ2n) is 8.90. The number of aliphatic hydroxyl groups is 4. The molecule has 16 N–H and O–H groups in total. The van der Waals surface area contributed by atoms with Gasteiger partial charge in [0.1, 0.15) is 11.4 Å². The molecule has 1 atom stereocenters. The van der Waals surface area contributed by atoms with Crippen LogP contribution in [0.3, 0.4) is 0 Å². The number of methoxy groups -OCH3 is 1. The molecule has 1 unspecified atom stereocenters. The van der Waals surface area contributed by atoms with E-state index >= 15 is 0 Å². The number of amides is 1. The van der Waals surface area contributed by atoms with Gasteiger partial charge in [0.05, 0.1) is 0 Å². The standard InChI is InChI=1S/C23H28N4O14S/c1-6-9(14(31)18(35)17(34)11(6)28)19(41-2)23(39,40)25-4-3-7-12(29)15(32)10(16(33)13(7)30)27-20(36)22(37,38)8-5-42-21(24)26-8/h5,19,25,28-35,37-40H,3-4H2,1-2H3,(H2,24,26)(H,27,36). The summed E-state index contributed by atoms with van der Waals surface area (Å²) in [6.07, 6.45) is -2.49. The van der Waals surface area contributed by atoms with Gasteiger partial charge in [-0.1, -0.05) is 0 Å². The van der Waals surface area contributed by atoms with Crippen LogP contribution >= 0.6 is 11.3 Å². The number of nitrogens with two attached hydrogens (primary N) is 1. The molecule has 1 aromatic heterocycles. The first-order valence-corrected chi connectivity index (χ1v) is 12.4. The van der Waals surface area contributed by atoms with Crippen molar-refractivity contribution in [3.05, 3.63) is 27.8 Å². The van der Waals surface area contributed by atoms with Gasteiger partial charge in [-0.15, -0.1) is 11.3 Å². The van der Waals surface area contributed by atoms with Crippen molar-refractivity contribution >= 4 is 28.1 Å². The molecule has 3 aromatic rings. The Morgan fingerprint density at radius 3 is 1.98 bits per heavy atom. The van der Waals surface area contributed by atoms with Crippen LogP contribution < -0.4 is 16.4 Å². The lowest BCUT2D eigenvalue weighted by molar-refractivity contribution is -0.255. The van der Waals surface area contributed by atoms with Crippen LogP contribution in [0.5, 0.6) is 46.0 Å². The predicted molar refractivity (Wildman–Crippen MR) is 141 cm³/mol. The first-order chi connectivity index (χ1) is 19.4. The highest BCUT2D eigenvalue weighted by Crippen LogP contribution is 2.52. The van der Waals surface area contributed by atoms with Gasteiger partial charge >= 0.3 is 0 Å². The Morgan fingerprint density at radius 1 is 0.929 bits per heavy atom. The minimum absolute atomic E-state index is 0.109. The second kappa shape index (κ2) is 11.4. The zero-order valence-corrected chi connectivity index (χ0v) is 22.5. The van der Waals surface area contributed by atoms with Crippen LogP contribution in [0.4, 0.5) is 10.8 Å². The summed E-state index contributed by atoms with van der Waals surface area (Å²) in [6, 6.07) is 0. The lowest BCUT2D eigenvalue weighted by atomic mass is 9.97. The minimum Gasteiger partial charge on any atom is -0.504 e. The summed E-state index contributed by atoms with van der Waals surface area (Å²) in [5, 5.41) is 128. The molecule has 230 valence electrons. The Morgan fingerprint density at radius 2 is 1.48 bits per heavy atom.